The van der Waals surface area contributed by atoms with Gasteiger partial charge in [-0.25, -0.2) is 4.79 Å². The molecule has 0 aliphatic carbocycles. The van der Waals surface area contributed by atoms with E-state index in [0.29, 0.717) is 56.3 Å². The van der Waals surface area contributed by atoms with Crippen LogP contribution in [0.3, 0.4) is 0 Å². The van der Waals surface area contributed by atoms with E-state index in [1.54, 1.807) is 38.5 Å². The van der Waals surface area contributed by atoms with Crippen molar-refractivity contribution < 1.29 is 23.9 Å². The summed E-state index contributed by atoms with van der Waals surface area (Å²) in [5.74, 6) is 3.02. The predicted molar refractivity (Wildman–Crippen MR) is 242 cm³/mol. The van der Waals surface area contributed by atoms with E-state index >= 15 is 0 Å². The molecule has 328 valence electrons. The predicted octanol–water partition coefficient (Wildman–Crippen LogP) is 5.59. The van der Waals surface area contributed by atoms with Crippen molar-refractivity contribution in [3.63, 3.8) is 0 Å². The number of hydrogen-bond acceptors (Lipinski definition) is 11. The molecule has 0 saturated heterocycles. The van der Waals surface area contributed by atoms with Crippen LogP contribution >= 0.6 is 23.2 Å². The summed E-state index contributed by atoms with van der Waals surface area (Å²) in [5, 5.41) is 29.9. The number of aromatic nitrogens is 6. The van der Waals surface area contributed by atoms with Gasteiger partial charge in [0.2, 0.25) is 11.8 Å². The number of carbonyl (C=O) groups is 3. The van der Waals surface area contributed by atoms with Gasteiger partial charge >= 0.3 is 6.03 Å². The maximum atomic E-state index is 13.4. The number of methoxy groups -OCH3 is 2. The van der Waals surface area contributed by atoms with Gasteiger partial charge in [0.15, 0.2) is 11.6 Å². The topological polar surface area (TPSA) is 204 Å². The Balaban J connectivity index is 0.847. The van der Waals surface area contributed by atoms with E-state index in [-0.39, 0.29) is 50.8 Å². The Labute approximate surface area is 378 Å². The molecule has 19 heteroatoms. The van der Waals surface area contributed by atoms with Gasteiger partial charge in [-0.15, -0.1) is 20.4 Å². The standard InChI is InChI=1S/C45H44Cl2N12O5/c1-25-54-56-43-35(52-41(27-5-9-29(46)10-6-27)33-21-31(63-3)13-15-37(33)58(25)43)23-39(60)48-17-19-50-45(62)51-20-18-49-40(61)24-36-44-57-55-26(2)59(44)38-16-14-32(64-4)22-34(38)42(53-36)28-7-11-30(47)12-8-28/h5-16,21-22,35-36H,17-20,23-24H2,1-4H3,(H,48,60)(H,49,61)(H2,50,51,62)/t35-,36-/m0/s1. The quantitative estimate of drug-likeness (QED) is 0.101. The molecule has 2 aliphatic heterocycles. The number of nitrogens with one attached hydrogen (secondary N) is 4. The number of rotatable bonds is 14. The number of amides is 4. The van der Waals surface area contributed by atoms with Crippen LogP contribution in [0.15, 0.2) is 94.9 Å². The molecule has 2 aromatic heterocycles. The van der Waals surface area contributed by atoms with Crippen molar-refractivity contribution in [2.75, 3.05) is 40.4 Å². The molecule has 0 saturated carbocycles. The number of nitrogens with zero attached hydrogens (tertiary/aromatic N) is 8. The van der Waals surface area contributed by atoms with Gasteiger partial charge in [-0.05, 0) is 74.5 Å². The van der Waals surface area contributed by atoms with Crippen LogP contribution in [0.2, 0.25) is 10.0 Å². The minimum atomic E-state index is -0.681. The normalized spacial score (nSPS) is 14.8. The molecule has 2 atom stereocenters. The number of urea groups is 1. The molecular formula is C45H44Cl2N12O5. The van der Waals surface area contributed by atoms with E-state index in [1.807, 2.05) is 83.6 Å². The second kappa shape index (κ2) is 19.1. The van der Waals surface area contributed by atoms with Gasteiger partial charge in [0.1, 0.15) is 35.2 Å². The van der Waals surface area contributed by atoms with Crippen molar-refractivity contribution in [1.29, 1.82) is 0 Å². The third-order valence-corrected chi connectivity index (χ3v) is 11.2. The molecule has 64 heavy (non-hydrogen) atoms. The van der Waals surface area contributed by atoms with E-state index in [2.05, 4.69) is 41.7 Å². The maximum Gasteiger partial charge on any atom is 0.314 e. The number of halogens is 2. The average Bonchev–Trinajstić information content (AvgIpc) is 3.80. The molecule has 4 heterocycles. The largest absolute Gasteiger partial charge is 0.497 e. The maximum absolute atomic E-state index is 13.4. The Morgan fingerprint density at radius 2 is 0.953 bits per heavy atom. The van der Waals surface area contributed by atoms with Crippen LogP contribution in [0.5, 0.6) is 11.5 Å². The van der Waals surface area contributed by atoms with Crippen molar-refractivity contribution in [2.45, 2.75) is 38.8 Å². The van der Waals surface area contributed by atoms with Gasteiger partial charge in [-0.1, -0.05) is 47.5 Å². The average molecular weight is 904 g/mol. The molecule has 0 spiro atoms. The molecule has 0 bridgehead atoms. The van der Waals surface area contributed by atoms with Crippen LogP contribution in [0.1, 0.15) is 70.5 Å². The van der Waals surface area contributed by atoms with Crippen molar-refractivity contribution in [2.24, 2.45) is 9.98 Å². The summed E-state index contributed by atoms with van der Waals surface area (Å²) < 4.78 is 14.9. The lowest BCUT2D eigenvalue weighted by Crippen LogP contribution is -2.43. The SMILES string of the molecule is COc1ccc2c(c1)C(c1ccc(Cl)cc1)=N[C@@H](CC(=O)NCCNC(=O)NCCNC(=O)C[C@@H]1N=C(c3ccc(Cl)cc3)c3cc(OC)ccc3-n3c(C)nnc31)c1nnc(C)n1-2. The summed E-state index contributed by atoms with van der Waals surface area (Å²) >= 11 is 12.4. The Hall–Kier alpha value is -7.11. The molecule has 0 fully saturated rings. The molecule has 4 N–H and O–H groups in total. The van der Waals surface area contributed by atoms with Crippen LogP contribution in [-0.2, 0) is 9.59 Å². The van der Waals surface area contributed by atoms with E-state index < -0.39 is 18.1 Å². The summed E-state index contributed by atoms with van der Waals surface area (Å²) in [5.41, 5.74) is 6.09. The lowest BCUT2D eigenvalue weighted by molar-refractivity contribution is -0.122. The fourth-order valence-corrected chi connectivity index (χ4v) is 7.92. The summed E-state index contributed by atoms with van der Waals surface area (Å²) in [4.78, 5) is 49.6. The highest BCUT2D eigenvalue weighted by molar-refractivity contribution is 6.31. The smallest absolute Gasteiger partial charge is 0.314 e. The molecule has 2 aliphatic rings. The number of fused-ring (bicyclic) bond motifs is 6. The fourth-order valence-electron chi connectivity index (χ4n) is 7.67. The first-order valence-corrected chi connectivity index (χ1v) is 21.2. The van der Waals surface area contributed by atoms with Crippen LogP contribution in [0.4, 0.5) is 4.79 Å². The number of carbonyl (C=O) groups excluding carboxylic acids is 3. The highest BCUT2D eigenvalue weighted by Crippen LogP contribution is 2.36. The first kappa shape index (κ1) is 43.5. The third kappa shape index (κ3) is 9.30. The zero-order chi connectivity index (χ0) is 44.9. The van der Waals surface area contributed by atoms with Gasteiger partial charge in [0.05, 0.1) is 49.9 Å². The minimum absolute atomic E-state index is 0.0272. The zero-order valence-electron chi connectivity index (χ0n) is 35.4. The minimum Gasteiger partial charge on any atom is -0.497 e. The second-order valence-corrected chi connectivity index (χ2v) is 15.8. The zero-order valence-corrected chi connectivity index (χ0v) is 36.9. The number of hydrogen-bond donors (Lipinski definition) is 4. The third-order valence-electron chi connectivity index (χ3n) is 10.7. The summed E-state index contributed by atoms with van der Waals surface area (Å²) in [7, 11) is 3.20. The Morgan fingerprint density at radius 3 is 1.34 bits per heavy atom. The second-order valence-electron chi connectivity index (χ2n) is 14.9. The van der Waals surface area contributed by atoms with E-state index in [0.717, 1.165) is 33.6 Å². The fraction of sp³-hybridized carbons (Fsp3) is 0.267. The highest BCUT2D eigenvalue weighted by Gasteiger charge is 2.32. The number of aliphatic imine (C=N–C) groups is 2. The molecular weight excluding hydrogens is 859 g/mol. The van der Waals surface area contributed by atoms with E-state index in [1.165, 1.54) is 0 Å². The van der Waals surface area contributed by atoms with Crippen molar-refractivity contribution >= 4 is 52.5 Å². The molecule has 17 nitrogen and oxygen atoms in total. The lowest BCUT2D eigenvalue weighted by Gasteiger charge is -2.14. The highest BCUT2D eigenvalue weighted by atomic mass is 35.5. The van der Waals surface area contributed by atoms with Crippen LogP contribution in [0, 0.1) is 13.8 Å². The van der Waals surface area contributed by atoms with Crippen LogP contribution in [0.25, 0.3) is 11.4 Å². The first-order valence-electron chi connectivity index (χ1n) is 20.4. The number of ether oxygens (including phenoxy) is 2. The molecule has 6 aromatic rings. The van der Waals surface area contributed by atoms with Gasteiger partial charge in [0, 0.05) is 58.5 Å². The van der Waals surface area contributed by atoms with E-state index in [4.69, 9.17) is 42.7 Å². The summed E-state index contributed by atoms with van der Waals surface area (Å²) in [6.07, 6.45) is -0.0545. The molecule has 4 amide bonds. The van der Waals surface area contributed by atoms with Gasteiger partial charge in [0.25, 0.3) is 0 Å². The van der Waals surface area contributed by atoms with Crippen molar-refractivity contribution in [3.05, 3.63) is 141 Å². The van der Waals surface area contributed by atoms with Gasteiger partial charge in [-0.2, -0.15) is 0 Å². The first-order chi connectivity index (χ1) is 31.0. The number of aryl methyl sites for hydroxylation is 2. The lowest BCUT2D eigenvalue weighted by atomic mass is 10.00. The monoisotopic (exact) mass is 902 g/mol. The summed E-state index contributed by atoms with van der Waals surface area (Å²) in [6, 6.07) is 24.2. The molecule has 8 rings (SSSR count). The molecule has 4 aromatic carbocycles. The molecule has 0 unspecified atom stereocenters. The van der Waals surface area contributed by atoms with Gasteiger partial charge in [-0.3, -0.25) is 28.7 Å². The molecule has 0 radical (unpaired) electrons. The van der Waals surface area contributed by atoms with E-state index in [9.17, 15) is 14.4 Å². The summed E-state index contributed by atoms with van der Waals surface area (Å²) in [6.45, 7) is 4.31. The van der Waals surface area contributed by atoms with Crippen LogP contribution in [-0.4, -0.2) is 99.2 Å². The Morgan fingerprint density at radius 1 is 0.562 bits per heavy atom. The van der Waals surface area contributed by atoms with Crippen molar-refractivity contribution in [1.82, 2.24) is 50.8 Å². The van der Waals surface area contributed by atoms with Crippen LogP contribution < -0.4 is 30.7 Å². The number of benzene rings is 4. The Bertz CT molecular complexity index is 2600. The van der Waals surface area contributed by atoms with Gasteiger partial charge < -0.3 is 30.7 Å². The van der Waals surface area contributed by atoms with Crippen molar-refractivity contribution in [3.8, 4) is 22.9 Å². The Kier molecular flexibility index (Phi) is 13.0.